The summed E-state index contributed by atoms with van der Waals surface area (Å²) in [6.45, 7) is 0. The molecule has 5 nitrogen and oxygen atoms in total. The van der Waals surface area contributed by atoms with E-state index in [2.05, 4.69) is 27.4 Å². The first kappa shape index (κ1) is 15.0. The minimum absolute atomic E-state index is 0.0818. The monoisotopic (exact) mass is 310 g/mol. The van der Waals surface area contributed by atoms with Crippen LogP contribution in [0.2, 0.25) is 0 Å². The quantitative estimate of drug-likeness (QED) is 0.850. The summed E-state index contributed by atoms with van der Waals surface area (Å²) in [4.78, 5) is 19.0. The fourth-order valence-corrected chi connectivity index (χ4v) is 2.61. The molecule has 23 heavy (non-hydrogen) atoms. The standard InChI is InChI=1S/C17H15FN4O/c18-13-7-3-4-8-14(13)20-16-12(10-19)17(23)22-15(21-16)9-11-5-1-2-6-11/h1,3-5,7-8,11H,2,6,9H2,(H2,20,21,22,23). The second kappa shape index (κ2) is 6.44. The summed E-state index contributed by atoms with van der Waals surface area (Å²) in [5.74, 6) is 0.425. The van der Waals surface area contributed by atoms with Gasteiger partial charge < -0.3 is 10.3 Å². The predicted molar refractivity (Wildman–Crippen MR) is 84.8 cm³/mol. The Balaban J connectivity index is 1.95. The maximum absolute atomic E-state index is 13.8. The molecule has 1 aliphatic carbocycles. The van der Waals surface area contributed by atoms with Gasteiger partial charge in [-0.15, -0.1) is 0 Å². The van der Waals surface area contributed by atoms with Crippen LogP contribution in [0.15, 0.2) is 41.2 Å². The molecule has 2 N–H and O–H groups in total. The van der Waals surface area contributed by atoms with Crippen molar-refractivity contribution in [3.8, 4) is 6.07 Å². The molecular formula is C17H15FN4O. The minimum Gasteiger partial charge on any atom is -0.337 e. The molecule has 0 bridgehead atoms. The molecule has 1 aliphatic rings. The molecular weight excluding hydrogens is 295 g/mol. The zero-order chi connectivity index (χ0) is 16.2. The van der Waals surface area contributed by atoms with E-state index in [1.807, 2.05) is 6.07 Å². The van der Waals surface area contributed by atoms with E-state index >= 15 is 0 Å². The molecule has 1 atom stereocenters. The Morgan fingerprint density at radius 2 is 2.26 bits per heavy atom. The number of hydrogen-bond donors (Lipinski definition) is 2. The number of nitrogens with zero attached hydrogens (tertiary/aromatic N) is 2. The van der Waals surface area contributed by atoms with Gasteiger partial charge in [0.15, 0.2) is 11.4 Å². The highest BCUT2D eigenvalue weighted by Crippen LogP contribution is 2.22. The van der Waals surface area contributed by atoms with Crippen LogP contribution in [-0.2, 0) is 6.42 Å². The number of nitrogens with one attached hydrogen (secondary N) is 2. The van der Waals surface area contributed by atoms with Gasteiger partial charge >= 0.3 is 0 Å². The molecule has 0 radical (unpaired) electrons. The number of para-hydroxylation sites is 1. The van der Waals surface area contributed by atoms with Crippen LogP contribution >= 0.6 is 0 Å². The van der Waals surface area contributed by atoms with E-state index in [4.69, 9.17) is 5.26 Å². The van der Waals surface area contributed by atoms with E-state index in [1.165, 1.54) is 12.1 Å². The number of aromatic amines is 1. The molecule has 0 amide bonds. The van der Waals surface area contributed by atoms with E-state index in [0.717, 1.165) is 12.8 Å². The fraction of sp³-hybridized carbons (Fsp3) is 0.235. The Morgan fingerprint density at radius 1 is 1.43 bits per heavy atom. The summed E-state index contributed by atoms with van der Waals surface area (Å²) in [5.41, 5.74) is -0.494. The Kier molecular flexibility index (Phi) is 4.20. The third kappa shape index (κ3) is 3.29. The molecule has 0 aliphatic heterocycles. The highest BCUT2D eigenvalue weighted by Gasteiger charge is 2.16. The van der Waals surface area contributed by atoms with Crippen LogP contribution in [-0.4, -0.2) is 9.97 Å². The topological polar surface area (TPSA) is 81.6 Å². The lowest BCUT2D eigenvalue weighted by atomic mass is 10.1. The average Bonchev–Trinajstić information content (AvgIpc) is 3.02. The number of nitriles is 1. The van der Waals surface area contributed by atoms with Gasteiger partial charge in [-0.3, -0.25) is 4.79 Å². The molecule has 1 aromatic heterocycles. The Morgan fingerprint density at radius 3 is 2.96 bits per heavy atom. The summed E-state index contributed by atoms with van der Waals surface area (Å²) >= 11 is 0. The molecule has 1 unspecified atom stereocenters. The zero-order valence-electron chi connectivity index (χ0n) is 12.3. The third-order valence-electron chi connectivity index (χ3n) is 3.78. The summed E-state index contributed by atoms with van der Waals surface area (Å²) < 4.78 is 13.8. The SMILES string of the molecule is N#Cc1c(Nc2ccccc2F)nc(CC2C=CCC2)[nH]c1=O. The minimum atomic E-state index is -0.515. The van der Waals surface area contributed by atoms with Crippen LogP contribution < -0.4 is 10.9 Å². The van der Waals surface area contributed by atoms with E-state index in [0.29, 0.717) is 18.2 Å². The van der Waals surface area contributed by atoms with Gasteiger partial charge in [0.1, 0.15) is 17.7 Å². The number of H-pyrrole nitrogens is 1. The third-order valence-corrected chi connectivity index (χ3v) is 3.78. The van der Waals surface area contributed by atoms with Gasteiger partial charge in [0, 0.05) is 6.42 Å². The van der Waals surface area contributed by atoms with E-state index < -0.39 is 11.4 Å². The van der Waals surface area contributed by atoms with Gasteiger partial charge in [0.2, 0.25) is 0 Å². The zero-order valence-corrected chi connectivity index (χ0v) is 12.3. The second-order valence-corrected chi connectivity index (χ2v) is 5.42. The average molecular weight is 310 g/mol. The first-order valence-corrected chi connectivity index (χ1v) is 7.39. The van der Waals surface area contributed by atoms with Crippen LogP contribution in [0.5, 0.6) is 0 Å². The lowest BCUT2D eigenvalue weighted by Crippen LogP contribution is -2.19. The molecule has 0 saturated heterocycles. The van der Waals surface area contributed by atoms with Crippen LogP contribution in [0.1, 0.15) is 24.2 Å². The van der Waals surface area contributed by atoms with Crippen molar-refractivity contribution in [2.24, 2.45) is 5.92 Å². The van der Waals surface area contributed by atoms with Crippen LogP contribution in [0.3, 0.4) is 0 Å². The lowest BCUT2D eigenvalue weighted by Gasteiger charge is -2.11. The molecule has 1 aromatic carbocycles. The van der Waals surface area contributed by atoms with Crippen molar-refractivity contribution in [1.29, 1.82) is 5.26 Å². The number of rotatable bonds is 4. The van der Waals surface area contributed by atoms with Crippen molar-refractivity contribution in [3.05, 3.63) is 64.0 Å². The number of anilines is 2. The van der Waals surface area contributed by atoms with Gasteiger partial charge in [0.05, 0.1) is 5.69 Å². The summed E-state index contributed by atoms with van der Waals surface area (Å²) in [7, 11) is 0. The van der Waals surface area contributed by atoms with E-state index in [-0.39, 0.29) is 17.1 Å². The van der Waals surface area contributed by atoms with Gasteiger partial charge in [-0.05, 0) is 30.9 Å². The molecule has 0 spiro atoms. The maximum Gasteiger partial charge on any atom is 0.271 e. The predicted octanol–water partition coefficient (Wildman–Crippen LogP) is 3.03. The number of halogens is 1. The molecule has 0 saturated carbocycles. The van der Waals surface area contributed by atoms with Crippen molar-refractivity contribution in [1.82, 2.24) is 9.97 Å². The van der Waals surface area contributed by atoms with Crippen LogP contribution in [0, 0.1) is 23.1 Å². The largest absolute Gasteiger partial charge is 0.337 e. The summed E-state index contributed by atoms with van der Waals surface area (Å²) in [6.07, 6.45) is 6.82. The van der Waals surface area contributed by atoms with Gasteiger partial charge in [-0.25, -0.2) is 9.37 Å². The van der Waals surface area contributed by atoms with Gasteiger partial charge in [-0.1, -0.05) is 24.3 Å². The highest BCUT2D eigenvalue weighted by atomic mass is 19.1. The van der Waals surface area contributed by atoms with E-state index in [9.17, 15) is 9.18 Å². The molecule has 6 heteroatoms. The number of allylic oxidation sites excluding steroid dienone is 2. The van der Waals surface area contributed by atoms with Crippen molar-refractivity contribution >= 4 is 11.5 Å². The maximum atomic E-state index is 13.8. The number of hydrogen-bond acceptors (Lipinski definition) is 4. The normalized spacial score (nSPS) is 16.3. The first-order chi connectivity index (χ1) is 11.2. The fourth-order valence-electron chi connectivity index (χ4n) is 2.61. The van der Waals surface area contributed by atoms with Crippen molar-refractivity contribution in [2.75, 3.05) is 5.32 Å². The Bertz CT molecular complexity index is 850. The summed E-state index contributed by atoms with van der Waals surface area (Å²) in [6, 6.07) is 7.87. The van der Waals surface area contributed by atoms with Crippen molar-refractivity contribution in [3.63, 3.8) is 0 Å². The van der Waals surface area contributed by atoms with E-state index in [1.54, 1.807) is 12.1 Å². The van der Waals surface area contributed by atoms with Gasteiger partial charge in [-0.2, -0.15) is 5.26 Å². The van der Waals surface area contributed by atoms with Gasteiger partial charge in [0.25, 0.3) is 5.56 Å². The summed E-state index contributed by atoms with van der Waals surface area (Å²) in [5, 5.41) is 11.9. The molecule has 0 fully saturated rings. The smallest absolute Gasteiger partial charge is 0.271 e. The van der Waals surface area contributed by atoms with Crippen molar-refractivity contribution in [2.45, 2.75) is 19.3 Å². The first-order valence-electron chi connectivity index (χ1n) is 7.39. The number of benzene rings is 1. The molecule has 116 valence electrons. The second-order valence-electron chi connectivity index (χ2n) is 5.42. The Hall–Kier alpha value is -2.94. The lowest BCUT2D eigenvalue weighted by molar-refractivity contribution is 0.606. The van der Waals surface area contributed by atoms with Crippen molar-refractivity contribution < 1.29 is 4.39 Å². The highest BCUT2D eigenvalue weighted by molar-refractivity contribution is 5.62. The molecule has 2 aromatic rings. The molecule has 3 rings (SSSR count). The Labute approximate surface area is 132 Å². The molecule has 1 heterocycles. The van der Waals surface area contributed by atoms with Crippen LogP contribution in [0.25, 0.3) is 0 Å². The van der Waals surface area contributed by atoms with Crippen LogP contribution in [0.4, 0.5) is 15.9 Å². The number of aromatic nitrogens is 2.